The molecule has 0 aliphatic heterocycles. The van der Waals surface area contributed by atoms with E-state index in [2.05, 4.69) is 5.32 Å². The summed E-state index contributed by atoms with van der Waals surface area (Å²) < 4.78 is 28.5. The van der Waals surface area contributed by atoms with Gasteiger partial charge in [0, 0.05) is 17.2 Å². The maximum Gasteiger partial charge on any atom is 0.264 e. The Morgan fingerprint density at radius 1 is 1.43 bits per heavy atom. The second-order valence-corrected chi connectivity index (χ2v) is 7.33. The van der Waals surface area contributed by atoms with Crippen LogP contribution in [0.3, 0.4) is 0 Å². The second kappa shape index (κ2) is 7.66. The molecule has 118 valence electrons. The van der Waals surface area contributed by atoms with Gasteiger partial charge in [-0.2, -0.15) is 0 Å². The van der Waals surface area contributed by atoms with Gasteiger partial charge in [0.25, 0.3) is 15.0 Å². The molecule has 0 aromatic heterocycles. The van der Waals surface area contributed by atoms with E-state index in [0.717, 1.165) is 18.4 Å². The highest BCUT2D eigenvalue weighted by molar-refractivity contribution is 8.13. The van der Waals surface area contributed by atoms with Crippen molar-refractivity contribution in [3.05, 3.63) is 23.8 Å². The molecule has 0 saturated carbocycles. The van der Waals surface area contributed by atoms with Gasteiger partial charge < -0.3 is 10.1 Å². The van der Waals surface area contributed by atoms with Crippen molar-refractivity contribution < 1.29 is 17.9 Å². The Labute approximate surface area is 130 Å². The molecule has 0 spiro atoms. The molecule has 0 fully saturated rings. The molecule has 1 aromatic carbocycles. The molecule has 1 N–H and O–H groups in total. The Balaban J connectivity index is 2.85. The first kappa shape index (κ1) is 17.8. The van der Waals surface area contributed by atoms with Crippen LogP contribution in [0.2, 0.25) is 0 Å². The van der Waals surface area contributed by atoms with Crippen molar-refractivity contribution in [2.24, 2.45) is 0 Å². The van der Waals surface area contributed by atoms with E-state index in [4.69, 9.17) is 15.4 Å². The molecular weight excluding hydrogens is 314 g/mol. The molecule has 1 amide bonds. The lowest BCUT2D eigenvalue weighted by molar-refractivity contribution is -0.127. The average molecular weight is 334 g/mol. The lowest BCUT2D eigenvalue weighted by Gasteiger charge is -2.16. The van der Waals surface area contributed by atoms with Gasteiger partial charge >= 0.3 is 0 Å². The van der Waals surface area contributed by atoms with E-state index in [1.54, 1.807) is 19.9 Å². The zero-order valence-electron chi connectivity index (χ0n) is 12.3. The standard InChI is InChI=1S/C14H20ClNO4S/c1-4-5-8-16-14(17)11(3)20-12-7-6-10(2)9-13(12)21(15,18)19/h6-7,9,11H,4-5,8H2,1-3H3,(H,16,17). The molecule has 1 aromatic rings. The molecule has 1 atom stereocenters. The quantitative estimate of drug-likeness (QED) is 0.615. The predicted octanol–water partition coefficient (Wildman–Crippen LogP) is 2.61. The third-order valence-electron chi connectivity index (χ3n) is 2.86. The first-order chi connectivity index (χ1) is 9.75. The highest BCUT2D eigenvalue weighted by Crippen LogP contribution is 2.28. The zero-order chi connectivity index (χ0) is 16.0. The lowest BCUT2D eigenvalue weighted by atomic mass is 10.2. The van der Waals surface area contributed by atoms with Crippen LogP contribution in [0.1, 0.15) is 32.3 Å². The molecule has 7 heteroatoms. The molecule has 5 nitrogen and oxygen atoms in total. The number of rotatable bonds is 7. The summed E-state index contributed by atoms with van der Waals surface area (Å²) in [5, 5.41) is 2.73. The maximum atomic E-state index is 11.8. The monoisotopic (exact) mass is 333 g/mol. The van der Waals surface area contributed by atoms with Gasteiger partial charge in [-0.1, -0.05) is 19.4 Å². The molecule has 0 saturated heterocycles. The number of nitrogens with one attached hydrogen (secondary N) is 1. The minimum Gasteiger partial charge on any atom is -0.479 e. The summed E-state index contributed by atoms with van der Waals surface area (Å²) in [5.41, 5.74) is 0.738. The summed E-state index contributed by atoms with van der Waals surface area (Å²) >= 11 is 0. The van der Waals surface area contributed by atoms with Crippen molar-refractivity contribution in [2.75, 3.05) is 6.54 Å². The Kier molecular flexibility index (Phi) is 6.48. The van der Waals surface area contributed by atoms with E-state index in [-0.39, 0.29) is 16.6 Å². The fraction of sp³-hybridized carbons (Fsp3) is 0.500. The number of ether oxygens (including phenoxy) is 1. The number of hydrogen-bond donors (Lipinski definition) is 1. The van der Waals surface area contributed by atoms with Crippen molar-refractivity contribution in [3.8, 4) is 5.75 Å². The van der Waals surface area contributed by atoms with Crippen LogP contribution in [0.5, 0.6) is 5.75 Å². The maximum absolute atomic E-state index is 11.8. The number of amides is 1. The number of aryl methyl sites for hydroxylation is 1. The zero-order valence-corrected chi connectivity index (χ0v) is 13.9. The van der Waals surface area contributed by atoms with Gasteiger partial charge in [-0.05, 0) is 38.0 Å². The Bertz CT molecular complexity index is 601. The summed E-state index contributed by atoms with van der Waals surface area (Å²) in [7, 11) is 1.46. The molecule has 0 aliphatic carbocycles. The van der Waals surface area contributed by atoms with E-state index in [1.807, 2.05) is 6.92 Å². The molecule has 0 radical (unpaired) electrons. The molecule has 0 aliphatic rings. The van der Waals surface area contributed by atoms with Crippen molar-refractivity contribution >= 4 is 25.6 Å². The fourth-order valence-corrected chi connectivity index (χ4v) is 2.72. The third kappa shape index (κ3) is 5.55. The molecular formula is C14H20ClNO4S. The molecule has 0 heterocycles. The molecule has 0 bridgehead atoms. The van der Waals surface area contributed by atoms with Gasteiger partial charge in [0.2, 0.25) is 0 Å². The topological polar surface area (TPSA) is 72.5 Å². The van der Waals surface area contributed by atoms with Crippen molar-refractivity contribution in [2.45, 2.75) is 44.6 Å². The van der Waals surface area contributed by atoms with Crippen LogP contribution in [0.25, 0.3) is 0 Å². The van der Waals surface area contributed by atoms with Crippen molar-refractivity contribution in [1.29, 1.82) is 0 Å². The van der Waals surface area contributed by atoms with Crippen LogP contribution in [0, 0.1) is 6.92 Å². The highest BCUT2D eigenvalue weighted by atomic mass is 35.7. The van der Waals surface area contributed by atoms with E-state index >= 15 is 0 Å². The SMILES string of the molecule is CCCCNC(=O)C(C)Oc1ccc(C)cc1S(=O)(=O)Cl. The minimum atomic E-state index is -3.93. The summed E-state index contributed by atoms with van der Waals surface area (Å²) in [6, 6.07) is 4.61. The number of carbonyl (C=O) groups is 1. The van der Waals surface area contributed by atoms with E-state index in [9.17, 15) is 13.2 Å². The Hall–Kier alpha value is -1.27. The van der Waals surface area contributed by atoms with Gasteiger partial charge in [-0.3, -0.25) is 4.79 Å². The number of unbranched alkanes of at least 4 members (excludes halogenated alkanes) is 1. The predicted molar refractivity (Wildman–Crippen MR) is 82.2 cm³/mol. The summed E-state index contributed by atoms with van der Waals surface area (Å²) in [4.78, 5) is 11.7. The minimum absolute atomic E-state index is 0.0775. The fourth-order valence-electron chi connectivity index (χ4n) is 1.68. The van der Waals surface area contributed by atoms with Gasteiger partial charge in [0.15, 0.2) is 6.10 Å². The first-order valence-corrected chi connectivity index (χ1v) is 9.06. The van der Waals surface area contributed by atoms with Gasteiger partial charge in [0.1, 0.15) is 10.6 Å². The summed E-state index contributed by atoms with van der Waals surface area (Å²) in [6.45, 7) is 5.90. The van der Waals surface area contributed by atoms with Gasteiger partial charge in [-0.15, -0.1) is 0 Å². The third-order valence-corrected chi connectivity index (χ3v) is 4.21. The first-order valence-electron chi connectivity index (χ1n) is 6.75. The lowest BCUT2D eigenvalue weighted by Crippen LogP contribution is -2.37. The van der Waals surface area contributed by atoms with E-state index < -0.39 is 15.2 Å². The number of benzene rings is 1. The number of halogens is 1. The van der Waals surface area contributed by atoms with E-state index in [0.29, 0.717) is 6.54 Å². The summed E-state index contributed by atoms with van der Waals surface area (Å²) in [5.74, 6) is -0.212. The van der Waals surface area contributed by atoms with Crippen molar-refractivity contribution in [1.82, 2.24) is 5.32 Å². The summed E-state index contributed by atoms with van der Waals surface area (Å²) in [6.07, 6.45) is 1.05. The molecule has 21 heavy (non-hydrogen) atoms. The van der Waals surface area contributed by atoms with Crippen LogP contribution in [-0.2, 0) is 13.8 Å². The van der Waals surface area contributed by atoms with Gasteiger partial charge in [-0.25, -0.2) is 8.42 Å². The smallest absolute Gasteiger partial charge is 0.264 e. The van der Waals surface area contributed by atoms with Gasteiger partial charge in [0.05, 0.1) is 0 Å². The largest absolute Gasteiger partial charge is 0.479 e. The van der Waals surface area contributed by atoms with Crippen LogP contribution in [-0.4, -0.2) is 27.0 Å². The van der Waals surface area contributed by atoms with E-state index in [1.165, 1.54) is 12.1 Å². The van der Waals surface area contributed by atoms with Crippen LogP contribution in [0.4, 0.5) is 0 Å². The molecule has 1 rings (SSSR count). The Morgan fingerprint density at radius 3 is 2.67 bits per heavy atom. The van der Waals surface area contributed by atoms with Crippen LogP contribution >= 0.6 is 10.7 Å². The van der Waals surface area contributed by atoms with Crippen LogP contribution in [0.15, 0.2) is 23.1 Å². The number of carbonyl (C=O) groups excluding carboxylic acids is 1. The average Bonchev–Trinajstić information content (AvgIpc) is 2.39. The van der Waals surface area contributed by atoms with Crippen LogP contribution < -0.4 is 10.1 Å². The van der Waals surface area contributed by atoms with Crippen molar-refractivity contribution in [3.63, 3.8) is 0 Å². The normalized spacial score (nSPS) is 12.8. The molecule has 1 unspecified atom stereocenters. The second-order valence-electron chi connectivity index (χ2n) is 4.79. The Morgan fingerprint density at radius 2 is 2.10 bits per heavy atom. The highest BCUT2D eigenvalue weighted by Gasteiger charge is 2.21. The number of hydrogen-bond acceptors (Lipinski definition) is 4.